The molecule has 0 spiro atoms. The first-order valence-electron chi connectivity index (χ1n) is 12.3. The van der Waals surface area contributed by atoms with Gasteiger partial charge in [-0.1, -0.05) is 6.92 Å². The molecule has 0 amide bonds. The van der Waals surface area contributed by atoms with Crippen molar-refractivity contribution in [3.8, 4) is 0 Å². The van der Waals surface area contributed by atoms with Crippen molar-refractivity contribution in [2.75, 3.05) is 6.61 Å². The zero-order chi connectivity index (χ0) is 21.4. The van der Waals surface area contributed by atoms with Gasteiger partial charge >= 0.3 is 175 Å². The normalized spacial score (nSPS) is 28.0. The third-order valence-corrected chi connectivity index (χ3v) is 7.92. The van der Waals surface area contributed by atoms with Crippen LogP contribution in [0.4, 0.5) is 0 Å². The van der Waals surface area contributed by atoms with Crippen LogP contribution in [0.1, 0.15) is 85.5 Å². The molecule has 6 unspecified atom stereocenters. The molecule has 0 bridgehead atoms. The maximum atomic E-state index is 10.3. The van der Waals surface area contributed by atoms with Crippen molar-refractivity contribution >= 4 is 13.5 Å². The zero-order valence-corrected chi connectivity index (χ0v) is 19.5. The third-order valence-electron chi connectivity index (χ3n) is 7.92. The van der Waals surface area contributed by atoms with Gasteiger partial charge in [-0.25, -0.2) is 0 Å². The van der Waals surface area contributed by atoms with E-state index in [1.165, 1.54) is 38.5 Å². The van der Waals surface area contributed by atoms with Crippen LogP contribution in [0, 0.1) is 35.5 Å². The second-order valence-electron chi connectivity index (χ2n) is 9.57. The summed E-state index contributed by atoms with van der Waals surface area (Å²) in [6.45, 7) is 13.4. The summed E-state index contributed by atoms with van der Waals surface area (Å²) < 4.78 is 0. The van der Waals surface area contributed by atoms with Crippen molar-refractivity contribution < 1.29 is 5.11 Å². The number of aliphatic hydroxyl groups excluding tert-OH is 1. The first-order valence-corrected chi connectivity index (χ1v) is 12.3. The summed E-state index contributed by atoms with van der Waals surface area (Å²) in [6.07, 6.45) is 13.2. The van der Waals surface area contributed by atoms with Gasteiger partial charge in [-0.3, -0.25) is 0 Å². The molecule has 3 heteroatoms. The summed E-state index contributed by atoms with van der Waals surface area (Å²) >= 11 is 0. The number of rotatable bonds is 14. The van der Waals surface area contributed by atoms with Crippen LogP contribution in [-0.4, -0.2) is 31.2 Å². The van der Waals surface area contributed by atoms with Gasteiger partial charge in [0.05, 0.1) is 0 Å². The SMILES string of the molecule is [B]=CC(NC(=C)CC)C(CC)CC(CO)C1CCC=C(C(CC)C2C[C@@H]2CC)C1. The maximum absolute atomic E-state index is 10.3. The topological polar surface area (TPSA) is 32.3 Å². The summed E-state index contributed by atoms with van der Waals surface area (Å²) in [4.78, 5) is 0. The van der Waals surface area contributed by atoms with Crippen LogP contribution < -0.4 is 5.32 Å². The fraction of sp³-hybridized carbons (Fsp3) is 0.808. The summed E-state index contributed by atoms with van der Waals surface area (Å²) in [5, 5.41) is 13.8. The van der Waals surface area contributed by atoms with Crippen LogP contribution in [-0.2, 0) is 0 Å². The van der Waals surface area contributed by atoms with Gasteiger partial charge in [0, 0.05) is 0 Å². The molecular weight excluding hydrogens is 353 g/mol. The Labute approximate surface area is 181 Å². The number of nitrogens with one attached hydrogen (secondary N) is 1. The number of allylic oxidation sites excluding steroid dienone is 3. The van der Waals surface area contributed by atoms with Crippen LogP contribution in [0.15, 0.2) is 23.9 Å². The Kier molecular flexibility index (Phi) is 10.2. The first kappa shape index (κ1) is 24.4. The van der Waals surface area contributed by atoms with Gasteiger partial charge in [-0.15, -0.1) is 0 Å². The Morgan fingerprint density at radius 1 is 1.31 bits per heavy atom. The Balaban J connectivity index is 2.02. The van der Waals surface area contributed by atoms with Crippen molar-refractivity contribution in [3.63, 3.8) is 0 Å². The van der Waals surface area contributed by atoms with E-state index < -0.39 is 0 Å². The molecule has 1 fully saturated rings. The third kappa shape index (κ3) is 6.58. The molecule has 2 aliphatic carbocycles. The van der Waals surface area contributed by atoms with Crippen molar-refractivity contribution in [3.05, 3.63) is 23.9 Å². The van der Waals surface area contributed by atoms with Gasteiger partial charge in [-0.2, -0.15) is 0 Å². The van der Waals surface area contributed by atoms with Crippen molar-refractivity contribution in [1.82, 2.24) is 5.32 Å². The van der Waals surface area contributed by atoms with E-state index in [1.54, 1.807) is 11.5 Å². The molecule has 2 rings (SSSR count). The van der Waals surface area contributed by atoms with Crippen LogP contribution in [0.2, 0.25) is 0 Å². The second-order valence-corrected chi connectivity index (χ2v) is 9.57. The molecule has 0 aromatic rings. The predicted molar refractivity (Wildman–Crippen MR) is 128 cm³/mol. The van der Waals surface area contributed by atoms with E-state index >= 15 is 0 Å². The first-order chi connectivity index (χ1) is 14.0. The van der Waals surface area contributed by atoms with Gasteiger partial charge in [0.1, 0.15) is 0 Å². The Bertz CT molecular complexity index is 557. The molecule has 2 N–H and O–H groups in total. The predicted octanol–water partition coefficient (Wildman–Crippen LogP) is 5.66. The quantitative estimate of drug-likeness (QED) is 0.292. The average molecular weight is 398 g/mol. The van der Waals surface area contributed by atoms with E-state index in [0.29, 0.717) is 17.8 Å². The number of hydrogen-bond donors (Lipinski definition) is 2. The Hall–Kier alpha value is -0.825. The van der Waals surface area contributed by atoms with Crippen molar-refractivity contribution in [2.45, 2.75) is 91.5 Å². The van der Waals surface area contributed by atoms with E-state index in [0.717, 1.165) is 42.7 Å². The van der Waals surface area contributed by atoms with Gasteiger partial charge < -0.3 is 0 Å². The molecule has 0 heterocycles. The molecular formula is C26H45BNO. The Morgan fingerprint density at radius 2 is 2.07 bits per heavy atom. The molecule has 0 aromatic heterocycles. The number of aliphatic hydroxyl groups is 1. The number of hydrogen-bond acceptors (Lipinski definition) is 2. The summed E-state index contributed by atoms with van der Waals surface area (Å²) in [6, 6.07) is 0.139. The summed E-state index contributed by atoms with van der Waals surface area (Å²) in [7, 11) is 5.99. The molecule has 2 nitrogen and oxygen atoms in total. The van der Waals surface area contributed by atoms with Crippen LogP contribution in [0.25, 0.3) is 0 Å². The zero-order valence-electron chi connectivity index (χ0n) is 19.5. The van der Waals surface area contributed by atoms with Gasteiger partial charge in [-0.05, 0) is 0 Å². The molecule has 0 saturated heterocycles. The van der Waals surface area contributed by atoms with Crippen LogP contribution in [0.5, 0.6) is 0 Å². The van der Waals surface area contributed by atoms with Gasteiger partial charge in [0.2, 0.25) is 0 Å². The standard InChI is InChI=1S/C26H45BNO/c1-6-18(5)28-26(16-27)20(8-3)13-23(17-29)21-11-10-12-22(14-21)24(9-4)25-15-19(25)7-2/h12,16,19-21,23-26,28-29H,5-11,13-15,17H2,1-4H3/t19-,20?,21?,23?,24?,25?,26?/m0/s1. The fourth-order valence-electron chi connectivity index (χ4n) is 5.78. The molecule has 29 heavy (non-hydrogen) atoms. The van der Waals surface area contributed by atoms with E-state index in [-0.39, 0.29) is 12.6 Å². The van der Waals surface area contributed by atoms with Crippen LogP contribution in [0.3, 0.4) is 0 Å². The van der Waals surface area contributed by atoms with Crippen LogP contribution >= 0.6 is 0 Å². The Morgan fingerprint density at radius 3 is 2.59 bits per heavy atom. The summed E-state index contributed by atoms with van der Waals surface area (Å²) in [5.74, 6) is 5.86. The molecule has 2 aliphatic rings. The molecule has 163 valence electrons. The van der Waals surface area contributed by atoms with E-state index in [1.807, 2.05) is 0 Å². The molecule has 0 aliphatic heterocycles. The average Bonchev–Trinajstić information content (AvgIpc) is 3.53. The minimum atomic E-state index is 0.139. The molecule has 7 atom stereocenters. The van der Waals surface area contributed by atoms with E-state index in [2.05, 4.69) is 45.7 Å². The molecule has 1 saturated carbocycles. The van der Waals surface area contributed by atoms with Gasteiger partial charge in [0.15, 0.2) is 0 Å². The van der Waals surface area contributed by atoms with E-state index in [4.69, 9.17) is 7.49 Å². The van der Waals surface area contributed by atoms with E-state index in [9.17, 15) is 5.11 Å². The minimum absolute atomic E-state index is 0.139. The fourth-order valence-corrected chi connectivity index (χ4v) is 5.78. The van der Waals surface area contributed by atoms with Crippen molar-refractivity contribution in [2.24, 2.45) is 35.5 Å². The summed E-state index contributed by atoms with van der Waals surface area (Å²) in [5.41, 5.74) is 2.75. The monoisotopic (exact) mass is 398 g/mol. The second kappa shape index (κ2) is 12.1. The van der Waals surface area contributed by atoms with Crippen molar-refractivity contribution in [1.29, 1.82) is 0 Å². The van der Waals surface area contributed by atoms with Gasteiger partial charge in [0.25, 0.3) is 0 Å². The molecule has 0 aromatic carbocycles. The molecule has 1 radical (unpaired) electrons.